The molecule has 0 unspecified atom stereocenters. The summed E-state index contributed by atoms with van der Waals surface area (Å²) < 4.78 is 13.0. The lowest BCUT2D eigenvalue weighted by atomic mass is 10.2. The lowest BCUT2D eigenvalue weighted by Crippen LogP contribution is -1.91. The fourth-order valence-electron chi connectivity index (χ4n) is 1.94. The van der Waals surface area contributed by atoms with Gasteiger partial charge in [0.15, 0.2) is 0 Å². The second kappa shape index (κ2) is 8.25. The van der Waals surface area contributed by atoms with Crippen LogP contribution in [0.25, 0.3) is 10.9 Å². The zero-order valence-electron chi connectivity index (χ0n) is 12.8. The maximum Gasteiger partial charge on any atom is 0.328 e. The zero-order chi connectivity index (χ0) is 18.2. The molecule has 0 bridgehead atoms. The molecule has 128 valence electrons. The Hall–Kier alpha value is -3.68. The largest absolute Gasteiger partial charge is 0.478 e. The van der Waals surface area contributed by atoms with E-state index in [0.29, 0.717) is 12.2 Å². The summed E-state index contributed by atoms with van der Waals surface area (Å²) >= 11 is 0. The summed E-state index contributed by atoms with van der Waals surface area (Å²) in [5.41, 5.74) is 2.65. The number of aliphatic carboxylic acids is 2. The number of carboxylic acid groups (broad SMARTS) is 2. The van der Waals surface area contributed by atoms with Crippen LogP contribution >= 0.6 is 0 Å². The molecule has 0 saturated carbocycles. The molecule has 25 heavy (non-hydrogen) atoms. The number of carboxylic acids is 2. The molecule has 1 aromatic carbocycles. The van der Waals surface area contributed by atoms with Crippen LogP contribution in [0.2, 0.25) is 0 Å². The second-order valence-corrected chi connectivity index (χ2v) is 4.76. The number of aromatic nitrogens is 2. The number of halogens is 1. The molecule has 0 aliphatic carbocycles. The Kier molecular flexibility index (Phi) is 5.83. The Balaban J connectivity index is 0.000000242. The molecule has 0 atom stereocenters. The number of fused-ring (bicyclic) bond motifs is 1. The van der Waals surface area contributed by atoms with Crippen molar-refractivity contribution in [1.82, 2.24) is 9.97 Å². The second-order valence-electron chi connectivity index (χ2n) is 4.76. The molecule has 7 nitrogen and oxygen atoms in total. The predicted octanol–water partition coefficient (Wildman–Crippen LogP) is 3.16. The van der Waals surface area contributed by atoms with Gasteiger partial charge in [0.1, 0.15) is 5.82 Å². The number of hydrogen-bond acceptors (Lipinski definition) is 4. The number of rotatable bonds is 4. The Morgan fingerprint density at radius 2 is 1.72 bits per heavy atom. The molecular formula is C17H14FN3O4. The normalized spacial score (nSPS) is 10.3. The number of pyridine rings is 1. The molecule has 4 N–H and O–H groups in total. The van der Waals surface area contributed by atoms with E-state index < -0.39 is 11.9 Å². The number of aromatic amines is 1. The van der Waals surface area contributed by atoms with Crippen LogP contribution in [0.5, 0.6) is 0 Å². The summed E-state index contributed by atoms with van der Waals surface area (Å²) in [5.74, 6) is -2.75. The molecule has 0 saturated heterocycles. The number of nitrogens with zero attached hydrogens (tertiary/aromatic N) is 1. The molecule has 3 aromatic rings. The van der Waals surface area contributed by atoms with E-state index >= 15 is 0 Å². The summed E-state index contributed by atoms with van der Waals surface area (Å²) in [6.07, 6.45) is 6.38. The molecule has 2 aromatic heterocycles. The average molecular weight is 343 g/mol. The van der Waals surface area contributed by atoms with Gasteiger partial charge < -0.3 is 20.5 Å². The van der Waals surface area contributed by atoms with E-state index in [9.17, 15) is 14.0 Å². The molecule has 2 heterocycles. The highest BCUT2D eigenvalue weighted by Gasteiger charge is 2.04. The van der Waals surface area contributed by atoms with Crippen LogP contribution < -0.4 is 5.32 Å². The highest BCUT2D eigenvalue weighted by Crippen LogP contribution is 2.26. The number of nitrogens with one attached hydrogen (secondary N) is 2. The Labute approximate surface area is 141 Å². The van der Waals surface area contributed by atoms with Crippen LogP contribution in [-0.4, -0.2) is 32.1 Å². The molecule has 0 spiro atoms. The van der Waals surface area contributed by atoms with Gasteiger partial charge in [-0.3, -0.25) is 4.98 Å². The van der Waals surface area contributed by atoms with Gasteiger partial charge in [-0.05, 0) is 30.3 Å². The van der Waals surface area contributed by atoms with Crippen molar-refractivity contribution in [3.63, 3.8) is 0 Å². The number of benzene rings is 1. The molecule has 0 radical (unpaired) electrons. The van der Waals surface area contributed by atoms with Crippen LogP contribution in [0.15, 0.2) is 61.1 Å². The molecule has 0 aliphatic rings. The van der Waals surface area contributed by atoms with Crippen LogP contribution in [0, 0.1) is 5.82 Å². The molecule has 8 heteroatoms. The van der Waals surface area contributed by atoms with Crippen LogP contribution in [0.1, 0.15) is 0 Å². The van der Waals surface area contributed by atoms with Crippen LogP contribution in [-0.2, 0) is 9.59 Å². The summed E-state index contributed by atoms with van der Waals surface area (Å²) in [5, 5.41) is 19.8. The Morgan fingerprint density at radius 3 is 2.32 bits per heavy atom. The van der Waals surface area contributed by atoms with Gasteiger partial charge in [-0.15, -0.1) is 0 Å². The number of hydrogen-bond donors (Lipinski definition) is 4. The highest BCUT2D eigenvalue weighted by molar-refractivity contribution is 5.94. The first-order valence-corrected chi connectivity index (χ1v) is 7.03. The first kappa shape index (κ1) is 17.7. The smallest absolute Gasteiger partial charge is 0.328 e. The molecular weight excluding hydrogens is 329 g/mol. The minimum absolute atomic E-state index is 0.241. The van der Waals surface area contributed by atoms with Gasteiger partial charge in [0.2, 0.25) is 0 Å². The number of H-pyrrole nitrogens is 1. The van der Waals surface area contributed by atoms with E-state index in [1.165, 1.54) is 12.1 Å². The van der Waals surface area contributed by atoms with Gasteiger partial charge in [0, 0.05) is 41.8 Å². The van der Waals surface area contributed by atoms with Crippen molar-refractivity contribution in [2.45, 2.75) is 0 Å². The minimum atomic E-state index is -1.26. The molecule has 0 aliphatic heterocycles. The van der Waals surface area contributed by atoms with Gasteiger partial charge in [0.05, 0.1) is 11.2 Å². The van der Waals surface area contributed by atoms with Crippen molar-refractivity contribution in [3.8, 4) is 0 Å². The number of anilines is 2. The predicted molar refractivity (Wildman–Crippen MR) is 90.2 cm³/mol. The third-order valence-electron chi connectivity index (χ3n) is 2.97. The summed E-state index contributed by atoms with van der Waals surface area (Å²) in [6.45, 7) is 0. The van der Waals surface area contributed by atoms with Crippen molar-refractivity contribution >= 4 is 34.2 Å². The fourth-order valence-corrected chi connectivity index (χ4v) is 1.94. The third-order valence-corrected chi connectivity index (χ3v) is 2.97. The first-order chi connectivity index (χ1) is 12.0. The van der Waals surface area contributed by atoms with E-state index in [1.807, 2.05) is 18.3 Å². The quantitative estimate of drug-likeness (QED) is 0.541. The van der Waals surface area contributed by atoms with E-state index in [1.54, 1.807) is 18.5 Å². The van der Waals surface area contributed by atoms with Gasteiger partial charge in [-0.25, -0.2) is 14.0 Å². The average Bonchev–Trinajstić information content (AvgIpc) is 2.96. The van der Waals surface area contributed by atoms with Crippen LogP contribution in [0.3, 0.4) is 0 Å². The van der Waals surface area contributed by atoms with Gasteiger partial charge in [0.25, 0.3) is 0 Å². The first-order valence-electron chi connectivity index (χ1n) is 7.03. The number of carbonyl (C=O) groups is 2. The monoisotopic (exact) mass is 343 g/mol. The SMILES string of the molecule is Fc1ccc2c(Nc3ccncc3)c[nH]c2c1.O=C(O)/C=C\C(=O)O. The molecule has 3 rings (SSSR count). The maximum absolute atomic E-state index is 13.0. The van der Waals surface area contributed by atoms with Crippen LogP contribution in [0.4, 0.5) is 15.8 Å². The topological polar surface area (TPSA) is 115 Å². The summed E-state index contributed by atoms with van der Waals surface area (Å²) in [7, 11) is 0. The Bertz CT molecular complexity index is 891. The Morgan fingerprint density at radius 1 is 1.08 bits per heavy atom. The van der Waals surface area contributed by atoms with Crippen molar-refractivity contribution in [2.24, 2.45) is 0 Å². The maximum atomic E-state index is 13.0. The lowest BCUT2D eigenvalue weighted by Gasteiger charge is -2.03. The van der Waals surface area contributed by atoms with E-state index in [4.69, 9.17) is 10.2 Å². The molecule has 0 amide bonds. The van der Waals surface area contributed by atoms with Gasteiger partial charge in [-0.2, -0.15) is 0 Å². The highest BCUT2D eigenvalue weighted by atomic mass is 19.1. The van der Waals surface area contributed by atoms with Crippen molar-refractivity contribution in [3.05, 3.63) is 66.9 Å². The van der Waals surface area contributed by atoms with Crippen molar-refractivity contribution in [1.29, 1.82) is 0 Å². The lowest BCUT2D eigenvalue weighted by molar-refractivity contribution is -0.134. The summed E-state index contributed by atoms with van der Waals surface area (Å²) in [6, 6.07) is 8.44. The standard InChI is InChI=1S/C13H10FN3.C4H4O4/c14-9-1-2-11-12(7-9)16-8-13(11)17-10-3-5-15-6-4-10;5-3(6)1-2-4(7)8/h1-8,16H,(H,15,17);1-2H,(H,5,6)(H,7,8)/b;2-1-. The van der Waals surface area contributed by atoms with E-state index in [2.05, 4.69) is 15.3 Å². The summed E-state index contributed by atoms with van der Waals surface area (Å²) in [4.78, 5) is 26.1. The minimum Gasteiger partial charge on any atom is -0.478 e. The fraction of sp³-hybridized carbons (Fsp3) is 0. The van der Waals surface area contributed by atoms with Gasteiger partial charge in [-0.1, -0.05) is 0 Å². The van der Waals surface area contributed by atoms with Gasteiger partial charge >= 0.3 is 11.9 Å². The third kappa shape index (κ3) is 5.47. The van der Waals surface area contributed by atoms with E-state index in [-0.39, 0.29) is 5.82 Å². The van der Waals surface area contributed by atoms with E-state index in [0.717, 1.165) is 22.3 Å². The molecule has 0 fully saturated rings. The van der Waals surface area contributed by atoms with Crippen molar-refractivity contribution < 1.29 is 24.2 Å². The van der Waals surface area contributed by atoms with Crippen molar-refractivity contribution in [2.75, 3.05) is 5.32 Å². The zero-order valence-corrected chi connectivity index (χ0v) is 12.8.